The van der Waals surface area contributed by atoms with Crippen molar-refractivity contribution in [1.29, 1.82) is 0 Å². The molecule has 216 valence electrons. The molecule has 16 heteroatoms. The first kappa shape index (κ1) is 37.5. The molecule has 0 amide bonds. The molecule has 0 saturated carbocycles. The molecule has 4 aromatic rings. The fourth-order valence-electron chi connectivity index (χ4n) is 2.35. The summed E-state index contributed by atoms with van der Waals surface area (Å²) in [4.78, 5) is -0.741. The van der Waals surface area contributed by atoms with E-state index in [0.29, 0.717) is 0 Å². The normalized spacial score (nSPS) is 11.0. The van der Waals surface area contributed by atoms with Gasteiger partial charge in [0, 0.05) is 0 Å². The first-order valence-electron chi connectivity index (χ1n) is 10.5. The Morgan fingerprint density at radius 2 is 0.415 bits per heavy atom. The minimum atomic E-state index is -4.25. The average Bonchev–Trinajstić information content (AvgIpc) is 2.90. The third-order valence-corrected chi connectivity index (χ3v) is 7.53. The maximum absolute atomic E-state index is 10.3. The Kier molecular flexibility index (Phi) is 15.3. The van der Waals surface area contributed by atoms with Gasteiger partial charge in [-0.2, -0.15) is 0 Å². The Morgan fingerprint density at radius 3 is 0.488 bits per heavy atom. The maximum atomic E-state index is 10.3. The van der Waals surface area contributed by atoms with Crippen molar-refractivity contribution >= 4 is 40.5 Å². The van der Waals surface area contributed by atoms with Crippen molar-refractivity contribution in [1.82, 2.24) is 0 Å². The molecule has 0 unspecified atom stereocenters. The van der Waals surface area contributed by atoms with Gasteiger partial charge in [0.25, 0.3) is 0 Å². The Hall–Kier alpha value is -3.48. The quantitative estimate of drug-likeness (QED) is 0.293. The van der Waals surface area contributed by atoms with Gasteiger partial charge in [0.05, 0.1) is 19.6 Å². The van der Waals surface area contributed by atoms with Crippen molar-refractivity contribution in [3.63, 3.8) is 0 Å². The standard InChI is InChI=1S/4C6H6O3S.C/c4*7-10(8,9)6-4-2-1-3-5-6;/h4*1-5H,(H,7,8,9);/q;;;;+4/p-4. The molecule has 0 aliphatic rings. The topological polar surface area (TPSA) is 229 Å². The molecule has 0 aromatic heterocycles. The van der Waals surface area contributed by atoms with Crippen LogP contribution >= 0.6 is 0 Å². The predicted molar refractivity (Wildman–Crippen MR) is 141 cm³/mol. The van der Waals surface area contributed by atoms with Crippen LogP contribution in [0.5, 0.6) is 0 Å². The van der Waals surface area contributed by atoms with Crippen molar-refractivity contribution in [3.05, 3.63) is 129 Å². The number of rotatable bonds is 4. The van der Waals surface area contributed by atoms with Crippen LogP contribution in [-0.4, -0.2) is 51.9 Å². The number of hydrogen-bond acceptors (Lipinski definition) is 12. The van der Waals surface area contributed by atoms with Crippen molar-refractivity contribution < 1.29 is 51.9 Å². The van der Waals surface area contributed by atoms with Crippen LogP contribution in [0.15, 0.2) is 141 Å². The summed E-state index contributed by atoms with van der Waals surface area (Å²) in [7, 11) is -17.0. The van der Waals surface area contributed by atoms with E-state index in [1.54, 1.807) is 24.3 Å². The largest absolute Gasteiger partial charge is 4.00 e. The second kappa shape index (κ2) is 16.7. The first-order chi connectivity index (χ1) is 18.4. The van der Waals surface area contributed by atoms with Crippen LogP contribution < -0.4 is 0 Å². The van der Waals surface area contributed by atoms with E-state index in [1.807, 2.05) is 0 Å². The molecule has 0 heterocycles. The summed E-state index contributed by atoms with van der Waals surface area (Å²) in [6.45, 7) is 0. The third-order valence-electron chi connectivity index (χ3n) is 4.13. The molecule has 4 aromatic carbocycles. The van der Waals surface area contributed by atoms with Gasteiger partial charge in [-0.15, -0.1) is 0 Å². The molecular weight excluding hydrogens is 621 g/mol. The number of benzene rings is 4. The van der Waals surface area contributed by atoms with Gasteiger partial charge in [-0.3, -0.25) is 0 Å². The average molecular weight is 641 g/mol. The van der Waals surface area contributed by atoms with Gasteiger partial charge >= 0.3 is 7.43 Å². The van der Waals surface area contributed by atoms with E-state index in [1.165, 1.54) is 97.1 Å². The molecule has 0 aliphatic carbocycles. The van der Waals surface area contributed by atoms with E-state index in [-0.39, 0.29) is 27.0 Å². The molecule has 4 rings (SSSR count). The Balaban J connectivity index is 0.000000516. The van der Waals surface area contributed by atoms with E-state index in [0.717, 1.165) is 0 Å². The van der Waals surface area contributed by atoms with Crippen LogP contribution in [0, 0.1) is 7.43 Å². The van der Waals surface area contributed by atoms with E-state index in [2.05, 4.69) is 0 Å². The van der Waals surface area contributed by atoms with Crippen LogP contribution in [0.2, 0.25) is 0 Å². The second-order valence-corrected chi connectivity index (χ2v) is 12.6. The molecule has 0 saturated heterocycles. The predicted octanol–water partition coefficient (Wildman–Crippen LogP) is 2.44. The zero-order valence-corrected chi connectivity index (χ0v) is 23.8. The molecule has 0 bridgehead atoms. The van der Waals surface area contributed by atoms with Crippen LogP contribution in [0.4, 0.5) is 0 Å². The fraction of sp³-hybridized carbons (Fsp3) is 0. The van der Waals surface area contributed by atoms with Gasteiger partial charge in [-0.25, -0.2) is 33.7 Å². The number of hydrogen-bond donors (Lipinski definition) is 0. The van der Waals surface area contributed by atoms with E-state index < -0.39 is 40.5 Å². The Labute approximate surface area is 240 Å². The van der Waals surface area contributed by atoms with Crippen LogP contribution in [-0.2, 0) is 40.5 Å². The summed E-state index contributed by atoms with van der Waals surface area (Å²) in [5.41, 5.74) is 0. The first-order valence-corrected chi connectivity index (χ1v) is 16.1. The molecular formula is C25H20O12S4. The summed E-state index contributed by atoms with van der Waals surface area (Å²) < 4.78 is 123. The van der Waals surface area contributed by atoms with E-state index >= 15 is 0 Å². The van der Waals surface area contributed by atoms with Crippen LogP contribution in [0.1, 0.15) is 0 Å². The van der Waals surface area contributed by atoms with E-state index in [4.69, 9.17) is 0 Å². The monoisotopic (exact) mass is 640 g/mol. The molecule has 0 N–H and O–H groups in total. The maximum Gasteiger partial charge on any atom is 4.00 e. The van der Waals surface area contributed by atoms with Crippen molar-refractivity contribution in [3.8, 4) is 0 Å². The molecule has 0 aliphatic heterocycles. The van der Waals surface area contributed by atoms with Crippen molar-refractivity contribution in [2.45, 2.75) is 19.6 Å². The zero-order chi connectivity index (χ0) is 30.5. The second-order valence-electron chi connectivity index (χ2n) is 7.07. The molecule has 0 fully saturated rings. The van der Waals surface area contributed by atoms with Crippen molar-refractivity contribution in [2.75, 3.05) is 0 Å². The Morgan fingerprint density at radius 1 is 0.293 bits per heavy atom. The molecule has 0 spiro atoms. The smallest absolute Gasteiger partial charge is 0.744 e. The van der Waals surface area contributed by atoms with E-state index in [9.17, 15) is 51.9 Å². The minimum absolute atomic E-state index is 0. The van der Waals surface area contributed by atoms with Crippen LogP contribution in [0.25, 0.3) is 0 Å². The Bertz CT molecular complexity index is 1470. The molecule has 12 nitrogen and oxygen atoms in total. The SMILES string of the molecule is O=S(=O)([O-])c1ccccc1.O=S(=O)([O-])c1ccccc1.O=S(=O)([O-])c1ccccc1.O=S(=O)([O-])c1ccccc1.[C+4]. The van der Waals surface area contributed by atoms with Gasteiger partial charge in [0.2, 0.25) is 0 Å². The minimum Gasteiger partial charge on any atom is -0.744 e. The van der Waals surface area contributed by atoms with Gasteiger partial charge in [0.1, 0.15) is 40.5 Å². The van der Waals surface area contributed by atoms with Gasteiger partial charge in [-0.05, 0) is 48.5 Å². The summed E-state index contributed by atoms with van der Waals surface area (Å²) >= 11 is 0. The summed E-state index contributed by atoms with van der Waals surface area (Å²) in [6.07, 6.45) is 0. The molecule has 0 radical (unpaired) electrons. The fourth-order valence-corrected chi connectivity index (χ4v) is 4.31. The van der Waals surface area contributed by atoms with Crippen LogP contribution in [0.3, 0.4) is 0 Å². The van der Waals surface area contributed by atoms with Gasteiger partial charge in [0.15, 0.2) is 0 Å². The summed E-state index contributed by atoms with van der Waals surface area (Å²) in [5.74, 6) is 0. The summed E-state index contributed by atoms with van der Waals surface area (Å²) in [6, 6.07) is 28.8. The molecule has 41 heavy (non-hydrogen) atoms. The van der Waals surface area contributed by atoms with Crippen molar-refractivity contribution in [2.24, 2.45) is 0 Å². The molecule has 0 atom stereocenters. The van der Waals surface area contributed by atoms with Gasteiger partial charge in [-0.1, -0.05) is 72.8 Å². The van der Waals surface area contributed by atoms with Gasteiger partial charge < -0.3 is 18.2 Å². The zero-order valence-electron chi connectivity index (χ0n) is 20.6. The summed E-state index contributed by atoms with van der Waals surface area (Å²) in [5, 5.41) is 0. The third kappa shape index (κ3) is 15.8.